The van der Waals surface area contributed by atoms with Crippen molar-refractivity contribution in [2.24, 2.45) is 13.0 Å². The van der Waals surface area contributed by atoms with Gasteiger partial charge >= 0.3 is 0 Å². The first kappa shape index (κ1) is 8.69. The number of hydrogen-bond donors (Lipinski definition) is 1. The van der Waals surface area contributed by atoms with Crippen LogP contribution in [0.25, 0.3) is 0 Å². The molecule has 1 aliphatic rings. The first-order valence-corrected chi connectivity index (χ1v) is 4.80. The minimum Gasteiger partial charge on any atom is -0.387 e. The van der Waals surface area contributed by atoms with Gasteiger partial charge < -0.3 is 5.11 Å². The lowest BCUT2D eigenvalue weighted by Gasteiger charge is -2.27. The van der Waals surface area contributed by atoms with E-state index in [0.29, 0.717) is 5.92 Å². The van der Waals surface area contributed by atoms with Gasteiger partial charge in [-0.15, -0.1) is 5.10 Å². The molecule has 4 heteroatoms. The van der Waals surface area contributed by atoms with Gasteiger partial charge in [0.25, 0.3) is 0 Å². The van der Waals surface area contributed by atoms with Crippen molar-refractivity contribution in [2.45, 2.75) is 31.8 Å². The molecular formula is C9H15N3O. The zero-order valence-electron chi connectivity index (χ0n) is 7.85. The SMILES string of the molecule is Cn1nncc1C(O)CC1CCC1. The maximum atomic E-state index is 9.82. The Bertz CT molecular complexity index is 280. The van der Waals surface area contributed by atoms with E-state index in [-0.39, 0.29) is 6.10 Å². The van der Waals surface area contributed by atoms with Crippen LogP contribution in [0.2, 0.25) is 0 Å². The molecule has 0 amide bonds. The molecule has 0 radical (unpaired) electrons. The van der Waals surface area contributed by atoms with E-state index in [9.17, 15) is 5.11 Å². The topological polar surface area (TPSA) is 50.9 Å². The van der Waals surface area contributed by atoms with Crippen molar-refractivity contribution in [1.29, 1.82) is 0 Å². The molecule has 72 valence electrons. The normalized spacial score (nSPS) is 19.8. The van der Waals surface area contributed by atoms with Gasteiger partial charge in [-0.3, -0.25) is 0 Å². The van der Waals surface area contributed by atoms with Crippen LogP contribution in [0.5, 0.6) is 0 Å². The molecule has 0 aliphatic heterocycles. The maximum absolute atomic E-state index is 9.82. The Hall–Kier alpha value is -0.900. The number of aromatic nitrogens is 3. The molecule has 13 heavy (non-hydrogen) atoms. The molecular weight excluding hydrogens is 166 g/mol. The van der Waals surface area contributed by atoms with Crippen molar-refractivity contribution in [1.82, 2.24) is 15.0 Å². The van der Waals surface area contributed by atoms with Crippen molar-refractivity contribution in [3.8, 4) is 0 Å². The average molecular weight is 181 g/mol. The van der Waals surface area contributed by atoms with Crippen LogP contribution in [0.3, 0.4) is 0 Å². The molecule has 1 aliphatic carbocycles. The van der Waals surface area contributed by atoms with E-state index < -0.39 is 0 Å². The number of nitrogens with zero attached hydrogens (tertiary/aromatic N) is 3. The van der Waals surface area contributed by atoms with E-state index in [0.717, 1.165) is 12.1 Å². The molecule has 1 saturated carbocycles. The van der Waals surface area contributed by atoms with E-state index in [2.05, 4.69) is 10.3 Å². The Morgan fingerprint density at radius 1 is 1.69 bits per heavy atom. The Morgan fingerprint density at radius 2 is 2.46 bits per heavy atom. The Morgan fingerprint density at radius 3 is 2.92 bits per heavy atom. The minimum absolute atomic E-state index is 0.384. The van der Waals surface area contributed by atoms with Crippen LogP contribution in [-0.2, 0) is 7.05 Å². The van der Waals surface area contributed by atoms with E-state index in [4.69, 9.17) is 0 Å². The van der Waals surface area contributed by atoms with Crippen LogP contribution in [0.4, 0.5) is 0 Å². The van der Waals surface area contributed by atoms with Crippen LogP contribution in [-0.4, -0.2) is 20.1 Å². The Labute approximate surface area is 77.6 Å². The van der Waals surface area contributed by atoms with Crippen LogP contribution in [0.1, 0.15) is 37.5 Å². The van der Waals surface area contributed by atoms with Gasteiger partial charge in [0.2, 0.25) is 0 Å². The summed E-state index contributed by atoms with van der Waals surface area (Å²) in [7, 11) is 1.81. The summed E-state index contributed by atoms with van der Waals surface area (Å²) in [5.74, 6) is 0.713. The fourth-order valence-corrected chi connectivity index (χ4v) is 1.76. The molecule has 1 fully saturated rings. The molecule has 1 unspecified atom stereocenters. The maximum Gasteiger partial charge on any atom is 0.0975 e. The summed E-state index contributed by atoms with van der Waals surface area (Å²) in [6.45, 7) is 0. The third-order valence-electron chi connectivity index (χ3n) is 2.87. The lowest BCUT2D eigenvalue weighted by Crippen LogP contribution is -2.16. The lowest BCUT2D eigenvalue weighted by molar-refractivity contribution is 0.111. The van der Waals surface area contributed by atoms with Gasteiger partial charge in [0.05, 0.1) is 18.0 Å². The van der Waals surface area contributed by atoms with Gasteiger partial charge in [-0.1, -0.05) is 24.5 Å². The lowest BCUT2D eigenvalue weighted by atomic mass is 9.81. The average Bonchev–Trinajstić information content (AvgIpc) is 2.43. The van der Waals surface area contributed by atoms with Gasteiger partial charge in [-0.05, 0) is 12.3 Å². The second-order valence-corrected chi connectivity index (χ2v) is 3.83. The first-order chi connectivity index (χ1) is 6.27. The highest BCUT2D eigenvalue weighted by atomic mass is 16.3. The van der Waals surface area contributed by atoms with Crippen molar-refractivity contribution in [2.75, 3.05) is 0 Å². The van der Waals surface area contributed by atoms with Gasteiger partial charge in [-0.2, -0.15) is 0 Å². The van der Waals surface area contributed by atoms with Crippen LogP contribution in [0, 0.1) is 5.92 Å². The van der Waals surface area contributed by atoms with E-state index in [1.165, 1.54) is 19.3 Å². The van der Waals surface area contributed by atoms with Crippen molar-refractivity contribution in [3.63, 3.8) is 0 Å². The molecule has 2 rings (SSSR count). The molecule has 4 nitrogen and oxygen atoms in total. The summed E-state index contributed by atoms with van der Waals surface area (Å²) in [5, 5.41) is 17.4. The summed E-state index contributed by atoms with van der Waals surface area (Å²) in [6.07, 6.45) is 5.97. The molecule has 0 bridgehead atoms. The summed E-state index contributed by atoms with van der Waals surface area (Å²) < 4.78 is 1.64. The smallest absolute Gasteiger partial charge is 0.0975 e. The quantitative estimate of drug-likeness (QED) is 0.758. The van der Waals surface area contributed by atoms with Crippen molar-refractivity contribution in [3.05, 3.63) is 11.9 Å². The second kappa shape index (κ2) is 3.46. The highest BCUT2D eigenvalue weighted by Gasteiger charge is 2.23. The molecule has 0 saturated heterocycles. The van der Waals surface area contributed by atoms with Gasteiger partial charge in [0.15, 0.2) is 0 Å². The molecule has 1 aromatic rings. The summed E-state index contributed by atoms with van der Waals surface area (Å²) >= 11 is 0. The fraction of sp³-hybridized carbons (Fsp3) is 0.778. The van der Waals surface area contributed by atoms with Gasteiger partial charge in [-0.25, -0.2) is 4.68 Å². The monoisotopic (exact) mass is 181 g/mol. The van der Waals surface area contributed by atoms with Gasteiger partial charge in [0, 0.05) is 7.05 Å². The van der Waals surface area contributed by atoms with Gasteiger partial charge in [0.1, 0.15) is 0 Å². The first-order valence-electron chi connectivity index (χ1n) is 4.80. The van der Waals surface area contributed by atoms with Crippen molar-refractivity contribution >= 4 is 0 Å². The predicted octanol–water partition coefficient (Wildman–Crippen LogP) is 1.04. The molecule has 1 aromatic heterocycles. The number of aryl methyl sites for hydroxylation is 1. The molecule has 0 spiro atoms. The minimum atomic E-state index is -0.384. The van der Waals surface area contributed by atoms with Crippen LogP contribution < -0.4 is 0 Å². The fourth-order valence-electron chi connectivity index (χ4n) is 1.76. The Kier molecular flexibility index (Phi) is 2.31. The molecule has 1 heterocycles. The zero-order valence-corrected chi connectivity index (χ0v) is 7.85. The van der Waals surface area contributed by atoms with Crippen molar-refractivity contribution < 1.29 is 5.11 Å². The number of hydrogen-bond acceptors (Lipinski definition) is 3. The predicted molar refractivity (Wildman–Crippen MR) is 47.9 cm³/mol. The second-order valence-electron chi connectivity index (χ2n) is 3.83. The highest BCUT2D eigenvalue weighted by molar-refractivity contribution is 4.99. The van der Waals surface area contributed by atoms with E-state index >= 15 is 0 Å². The standard InChI is InChI=1S/C9H15N3O/c1-12-8(6-10-11-12)9(13)5-7-3-2-4-7/h6-7,9,13H,2-5H2,1H3. The van der Waals surface area contributed by atoms with Crippen LogP contribution in [0.15, 0.2) is 6.20 Å². The number of aliphatic hydroxyl groups excluding tert-OH is 1. The molecule has 0 aromatic carbocycles. The summed E-state index contributed by atoms with van der Waals surface area (Å²) in [5.41, 5.74) is 0.826. The third-order valence-corrected chi connectivity index (χ3v) is 2.87. The van der Waals surface area contributed by atoms with E-state index in [1.807, 2.05) is 7.05 Å². The number of aliphatic hydroxyl groups is 1. The zero-order chi connectivity index (χ0) is 9.26. The highest BCUT2D eigenvalue weighted by Crippen LogP contribution is 2.34. The largest absolute Gasteiger partial charge is 0.387 e. The summed E-state index contributed by atoms with van der Waals surface area (Å²) in [4.78, 5) is 0. The third kappa shape index (κ3) is 1.72. The molecule has 1 atom stereocenters. The summed E-state index contributed by atoms with van der Waals surface area (Å²) in [6, 6.07) is 0. The van der Waals surface area contributed by atoms with Crippen LogP contribution >= 0.6 is 0 Å². The molecule has 1 N–H and O–H groups in total. The number of rotatable bonds is 3. The Balaban J connectivity index is 1.96. The van der Waals surface area contributed by atoms with E-state index in [1.54, 1.807) is 10.9 Å².